The number of rotatable bonds is 3. The second kappa shape index (κ2) is 3.66. The summed E-state index contributed by atoms with van der Waals surface area (Å²) in [6, 6.07) is 3.20. The molecule has 15 heavy (non-hydrogen) atoms. The first-order valence-corrected chi connectivity index (χ1v) is 5.01. The van der Waals surface area contributed by atoms with Crippen molar-refractivity contribution in [1.82, 2.24) is 4.98 Å². The van der Waals surface area contributed by atoms with Crippen LogP contribution in [0.3, 0.4) is 0 Å². The van der Waals surface area contributed by atoms with Crippen LogP contribution in [-0.2, 0) is 0 Å². The van der Waals surface area contributed by atoms with E-state index in [1.54, 1.807) is 0 Å². The standard InChI is InChI=1S/C9H10ClN3O2/c1-12(6-2-3-6)9-7(13(14)15)4-5-8(10)11-9/h4-6H,2-3H2,1H3. The number of pyridine rings is 1. The number of hydrogen-bond acceptors (Lipinski definition) is 4. The molecule has 1 aromatic rings. The van der Waals surface area contributed by atoms with Gasteiger partial charge in [0.1, 0.15) is 5.15 Å². The normalized spacial score (nSPS) is 15.1. The Bertz CT molecular complexity index is 406. The first kappa shape index (κ1) is 10.2. The van der Waals surface area contributed by atoms with Crippen LogP contribution in [0.15, 0.2) is 12.1 Å². The zero-order valence-corrected chi connectivity index (χ0v) is 8.94. The molecular formula is C9H10ClN3O2. The molecule has 0 spiro atoms. The van der Waals surface area contributed by atoms with Gasteiger partial charge in [-0.2, -0.15) is 0 Å². The van der Waals surface area contributed by atoms with Crippen LogP contribution in [0.1, 0.15) is 12.8 Å². The second-order valence-corrected chi connectivity index (χ2v) is 3.96. The third kappa shape index (κ3) is 2.02. The molecular weight excluding hydrogens is 218 g/mol. The number of halogens is 1. The van der Waals surface area contributed by atoms with Gasteiger partial charge in [-0.15, -0.1) is 0 Å². The fourth-order valence-corrected chi connectivity index (χ4v) is 1.60. The van der Waals surface area contributed by atoms with Gasteiger partial charge in [0.15, 0.2) is 0 Å². The predicted octanol–water partition coefficient (Wildman–Crippen LogP) is 2.24. The van der Waals surface area contributed by atoms with Gasteiger partial charge < -0.3 is 4.90 Å². The van der Waals surface area contributed by atoms with Crippen LogP contribution in [0.2, 0.25) is 5.15 Å². The summed E-state index contributed by atoms with van der Waals surface area (Å²) in [6.45, 7) is 0. The van der Waals surface area contributed by atoms with E-state index in [4.69, 9.17) is 11.6 Å². The van der Waals surface area contributed by atoms with Gasteiger partial charge in [-0.25, -0.2) is 4.98 Å². The maximum Gasteiger partial charge on any atom is 0.311 e. The van der Waals surface area contributed by atoms with Crippen molar-refractivity contribution in [3.05, 3.63) is 27.4 Å². The molecule has 6 heteroatoms. The van der Waals surface area contributed by atoms with E-state index in [0.29, 0.717) is 11.9 Å². The molecule has 0 bridgehead atoms. The zero-order chi connectivity index (χ0) is 11.0. The highest BCUT2D eigenvalue weighted by Gasteiger charge is 2.31. The topological polar surface area (TPSA) is 59.3 Å². The molecule has 5 nitrogen and oxygen atoms in total. The fourth-order valence-electron chi connectivity index (χ4n) is 1.45. The first-order valence-electron chi connectivity index (χ1n) is 4.63. The van der Waals surface area contributed by atoms with Crippen LogP contribution >= 0.6 is 11.6 Å². The van der Waals surface area contributed by atoms with E-state index in [-0.39, 0.29) is 10.8 Å². The molecule has 0 atom stereocenters. The van der Waals surface area contributed by atoms with Gasteiger partial charge in [0.2, 0.25) is 5.82 Å². The van der Waals surface area contributed by atoms with Crippen molar-refractivity contribution >= 4 is 23.1 Å². The fraction of sp³-hybridized carbons (Fsp3) is 0.444. The quantitative estimate of drug-likeness (QED) is 0.451. The Morgan fingerprint density at radius 3 is 2.80 bits per heavy atom. The van der Waals surface area contributed by atoms with Crippen molar-refractivity contribution < 1.29 is 4.92 Å². The van der Waals surface area contributed by atoms with Crippen molar-refractivity contribution in [2.24, 2.45) is 0 Å². The van der Waals surface area contributed by atoms with Gasteiger partial charge in [-0.1, -0.05) is 11.6 Å². The summed E-state index contributed by atoms with van der Waals surface area (Å²) in [6.07, 6.45) is 2.11. The maximum atomic E-state index is 10.8. The molecule has 0 radical (unpaired) electrons. The van der Waals surface area contributed by atoms with Gasteiger partial charge in [-0.05, 0) is 18.9 Å². The molecule has 1 saturated carbocycles. The lowest BCUT2D eigenvalue weighted by molar-refractivity contribution is -0.384. The van der Waals surface area contributed by atoms with E-state index >= 15 is 0 Å². The number of aromatic nitrogens is 1. The van der Waals surface area contributed by atoms with Crippen LogP contribution in [0.4, 0.5) is 11.5 Å². The maximum absolute atomic E-state index is 10.8. The molecule has 0 N–H and O–H groups in total. The molecule has 0 aliphatic heterocycles. The minimum atomic E-state index is -0.433. The van der Waals surface area contributed by atoms with Gasteiger partial charge in [0.05, 0.1) is 4.92 Å². The lowest BCUT2D eigenvalue weighted by Gasteiger charge is -2.16. The van der Waals surface area contributed by atoms with Crippen molar-refractivity contribution in [1.29, 1.82) is 0 Å². The zero-order valence-electron chi connectivity index (χ0n) is 8.18. The molecule has 1 fully saturated rings. The highest BCUT2D eigenvalue weighted by atomic mass is 35.5. The summed E-state index contributed by atoms with van der Waals surface area (Å²) in [7, 11) is 1.81. The molecule has 80 valence electrons. The molecule has 0 amide bonds. The van der Waals surface area contributed by atoms with E-state index in [9.17, 15) is 10.1 Å². The van der Waals surface area contributed by atoms with E-state index in [1.807, 2.05) is 11.9 Å². The average Bonchev–Trinajstić information content (AvgIpc) is 2.99. The van der Waals surface area contributed by atoms with Crippen LogP contribution in [0.5, 0.6) is 0 Å². The number of nitrogens with zero attached hydrogens (tertiary/aromatic N) is 3. The van der Waals surface area contributed by atoms with Gasteiger partial charge >= 0.3 is 5.69 Å². The van der Waals surface area contributed by atoms with Crippen molar-refractivity contribution in [3.63, 3.8) is 0 Å². The predicted molar refractivity (Wildman–Crippen MR) is 57.3 cm³/mol. The highest BCUT2D eigenvalue weighted by Crippen LogP contribution is 2.34. The van der Waals surface area contributed by atoms with Gasteiger partial charge in [-0.3, -0.25) is 10.1 Å². The van der Waals surface area contributed by atoms with E-state index in [0.717, 1.165) is 12.8 Å². The Kier molecular flexibility index (Phi) is 2.48. The summed E-state index contributed by atoms with van der Waals surface area (Å²) < 4.78 is 0. The lowest BCUT2D eigenvalue weighted by atomic mass is 10.3. The molecule has 0 unspecified atom stereocenters. The minimum Gasteiger partial charge on any atom is -0.351 e. The van der Waals surface area contributed by atoms with E-state index in [2.05, 4.69) is 4.98 Å². The minimum absolute atomic E-state index is 0.00815. The number of anilines is 1. The Labute approximate surface area is 91.8 Å². The molecule has 2 rings (SSSR count). The molecule has 1 aliphatic rings. The summed E-state index contributed by atoms with van der Waals surface area (Å²) in [5.41, 5.74) is 0.00815. The molecule has 1 heterocycles. The largest absolute Gasteiger partial charge is 0.351 e. The SMILES string of the molecule is CN(c1nc(Cl)ccc1[N+](=O)[O-])C1CC1. The highest BCUT2D eigenvalue weighted by molar-refractivity contribution is 6.29. The Balaban J connectivity index is 2.41. The Morgan fingerprint density at radius 1 is 1.60 bits per heavy atom. The molecule has 0 aromatic carbocycles. The molecule has 1 aromatic heterocycles. The third-order valence-electron chi connectivity index (χ3n) is 2.45. The van der Waals surface area contributed by atoms with Crippen LogP contribution in [0.25, 0.3) is 0 Å². The summed E-state index contributed by atoms with van der Waals surface area (Å²) >= 11 is 5.73. The van der Waals surface area contributed by atoms with Crippen LogP contribution < -0.4 is 4.90 Å². The van der Waals surface area contributed by atoms with E-state index in [1.165, 1.54) is 12.1 Å². The third-order valence-corrected chi connectivity index (χ3v) is 2.66. The Morgan fingerprint density at radius 2 is 2.27 bits per heavy atom. The summed E-state index contributed by atoms with van der Waals surface area (Å²) in [5.74, 6) is 0.356. The van der Waals surface area contributed by atoms with Gasteiger partial charge in [0.25, 0.3) is 0 Å². The van der Waals surface area contributed by atoms with Crippen molar-refractivity contribution in [3.8, 4) is 0 Å². The summed E-state index contributed by atoms with van der Waals surface area (Å²) in [4.78, 5) is 16.2. The van der Waals surface area contributed by atoms with Crippen LogP contribution in [0, 0.1) is 10.1 Å². The smallest absolute Gasteiger partial charge is 0.311 e. The second-order valence-electron chi connectivity index (χ2n) is 3.58. The molecule has 1 aliphatic carbocycles. The van der Waals surface area contributed by atoms with E-state index < -0.39 is 4.92 Å². The number of hydrogen-bond donors (Lipinski definition) is 0. The van der Waals surface area contributed by atoms with Gasteiger partial charge in [0, 0.05) is 19.2 Å². The summed E-state index contributed by atoms with van der Waals surface area (Å²) in [5, 5.41) is 11.1. The first-order chi connectivity index (χ1) is 7.09. The lowest BCUT2D eigenvalue weighted by Crippen LogP contribution is -2.21. The molecule has 0 saturated heterocycles. The average molecular weight is 228 g/mol. The monoisotopic (exact) mass is 227 g/mol. The van der Waals surface area contributed by atoms with Crippen molar-refractivity contribution in [2.45, 2.75) is 18.9 Å². The Hall–Kier alpha value is -1.36. The van der Waals surface area contributed by atoms with Crippen molar-refractivity contribution in [2.75, 3.05) is 11.9 Å². The van der Waals surface area contributed by atoms with Crippen LogP contribution in [-0.4, -0.2) is 23.0 Å². The number of nitro groups is 1.